The molecule has 1 atom stereocenters. The Morgan fingerprint density at radius 3 is 2.72 bits per heavy atom. The molecule has 0 aromatic heterocycles. The van der Waals surface area contributed by atoms with Crippen molar-refractivity contribution in [2.75, 3.05) is 26.2 Å². The van der Waals surface area contributed by atoms with E-state index in [4.69, 9.17) is 4.74 Å². The molecule has 2 N–H and O–H groups in total. The first kappa shape index (κ1) is 20.8. The number of carbonyl (C=O) groups excluding carboxylic acids is 2. The molecule has 0 spiro atoms. The average molecular weight is 402 g/mol. The highest BCUT2D eigenvalue weighted by atomic mass is 16.6. The lowest BCUT2D eigenvalue weighted by Gasteiger charge is -2.34. The van der Waals surface area contributed by atoms with E-state index in [9.17, 15) is 19.7 Å². The number of non-ortho nitro benzene ring substituents is 1. The zero-order valence-electron chi connectivity index (χ0n) is 16.6. The second-order valence-electron chi connectivity index (χ2n) is 7.45. The van der Waals surface area contributed by atoms with E-state index in [2.05, 4.69) is 22.5 Å². The smallest absolute Gasteiger partial charge is 0.338 e. The van der Waals surface area contributed by atoms with Crippen LogP contribution in [-0.2, 0) is 9.53 Å². The van der Waals surface area contributed by atoms with Crippen molar-refractivity contribution in [2.45, 2.75) is 32.7 Å². The number of piperidine rings is 1. The highest BCUT2D eigenvalue weighted by molar-refractivity contribution is 5.95. The zero-order chi connectivity index (χ0) is 21.0. The van der Waals surface area contributed by atoms with Crippen LogP contribution in [-0.4, -0.2) is 48.1 Å². The molecule has 1 unspecified atom stereocenters. The van der Waals surface area contributed by atoms with Gasteiger partial charge in [0.05, 0.1) is 23.1 Å². The molecular weight excluding hydrogens is 376 g/mol. The number of benzene rings is 1. The fraction of sp³-hybridized carbons (Fsp3) is 0.500. The third-order valence-electron chi connectivity index (χ3n) is 5.32. The topological polar surface area (TPSA) is 114 Å². The summed E-state index contributed by atoms with van der Waals surface area (Å²) < 4.78 is 5.24. The molecule has 9 nitrogen and oxygen atoms in total. The van der Waals surface area contributed by atoms with Crippen molar-refractivity contribution in [3.63, 3.8) is 0 Å². The monoisotopic (exact) mass is 402 g/mol. The maximum Gasteiger partial charge on any atom is 0.338 e. The summed E-state index contributed by atoms with van der Waals surface area (Å²) in [4.78, 5) is 38.0. The van der Waals surface area contributed by atoms with E-state index in [-0.39, 0.29) is 17.9 Å². The number of nitrogens with one attached hydrogen (secondary N) is 2. The van der Waals surface area contributed by atoms with Crippen molar-refractivity contribution < 1.29 is 19.2 Å². The van der Waals surface area contributed by atoms with Gasteiger partial charge in [-0.15, -0.1) is 0 Å². The Morgan fingerprint density at radius 1 is 1.34 bits per heavy atom. The van der Waals surface area contributed by atoms with Gasteiger partial charge in [0.15, 0.2) is 0 Å². The molecule has 3 rings (SSSR count). The van der Waals surface area contributed by atoms with Crippen LogP contribution in [0.25, 0.3) is 0 Å². The molecule has 2 aliphatic heterocycles. The Labute approximate surface area is 169 Å². The van der Waals surface area contributed by atoms with E-state index in [0.717, 1.165) is 25.9 Å². The van der Waals surface area contributed by atoms with Crippen LogP contribution in [0.1, 0.15) is 38.3 Å². The number of amides is 2. The quantitative estimate of drug-likeness (QED) is 0.429. The van der Waals surface area contributed by atoms with Crippen molar-refractivity contribution >= 4 is 17.7 Å². The van der Waals surface area contributed by atoms with Gasteiger partial charge in [-0.25, -0.2) is 9.59 Å². The van der Waals surface area contributed by atoms with Gasteiger partial charge in [-0.1, -0.05) is 19.1 Å². The van der Waals surface area contributed by atoms with E-state index in [1.807, 2.05) is 0 Å². The van der Waals surface area contributed by atoms with Crippen molar-refractivity contribution in [3.05, 3.63) is 51.2 Å². The van der Waals surface area contributed by atoms with Crippen LogP contribution in [0.2, 0.25) is 0 Å². The van der Waals surface area contributed by atoms with Crippen LogP contribution in [0.5, 0.6) is 0 Å². The normalized spacial score (nSPS) is 20.8. The number of ether oxygens (including phenoxy) is 1. The number of nitro groups is 1. The minimum atomic E-state index is -0.818. The van der Waals surface area contributed by atoms with Crippen molar-refractivity contribution in [1.29, 1.82) is 0 Å². The van der Waals surface area contributed by atoms with E-state index < -0.39 is 23.0 Å². The molecule has 0 radical (unpaired) electrons. The second kappa shape index (κ2) is 9.04. The first-order valence-corrected chi connectivity index (χ1v) is 9.83. The summed E-state index contributed by atoms with van der Waals surface area (Å²) in [7, 11) is 0. The molecule has 1 fully saturated rings. The van der Waals surface area contributed by atoms with Crippen LogP contribution in [0.15, 0.2) is 35.5 Å². The maximum absolute atomic E-state index is 12.8. The Morgan fingerprint density at radius 2 is 2.07 bits per heavy atom. The second-order valence-corrected chi connectivity index (χ2v) is 7.45. The fourth-order valence-electron chi connectivity index (χ4n) is 3.70. The Balaban J connectivity index is 1.98. The van der Waals surface area contributed by atoms with Crippen LogP contribution in [0, 0.1) is 16.0 Å². The summed E-state index contributed by atoms with van der Waals surface area (Å²) in [6.07, 6.45) is 2.12. The summed E-state index contributed by atoms with van der Waals surface area (Å²) >= 11 is 0. The van der Waals surface area contributed by atoms with Crippen molar-refractivity contribution in [3.8, 4) is 0 Å². The molecule has 1 aromatic carbocycles. The molecule has 2 aliphatic rings. The SMILES string of the molecule is CCOC(=O)C1=C(CN2CCC(C)CC2)NC(=O)NC1c1cccc([N+](=O)[O-])c1. The van der Waals surface area contributed by atoms with Crippen LogP contribution >= 0.6 is 0 Å². The Hall–Kier alpha value is -2.94. The number of rotatable bonds is 6. The molecule has 0 saturated carbocycles. The molecule has 2 amide bonds. The minimum absolute atomic E-state index is 0.106. The zero-order valence-corrected chi connectivity index (χ0v) is 16.6. The number of likely N-dealkylation sites (tertiary alicyclic amines) is 1. The van der Waals surface area contributed by atoms with Crippen molar-refractivity contribution in [2.24, 2.45) is 5.92 Å². The van der Waals surface area contributed by atoms with Gasteiger partial charge < -0.3 is 15.4 Å². The van der Waals surface area contributed by atoms with Gasteiger partial charge in [-0.05, 0) is 44.3 Å². The number of nitrogens with zero attached hydrogens (tertiary/aromatic N) is 2. The number of hydrogen-bond donors (Lipinski definition) is 2. The van der Waals surface area contributed by atoms with Gasteiger partial charge in [0.25, 0.3) is 5.69 Å². The first-order chi connectivity index (χ1) is 13.9. The van der Waals surface area contributed by atoms with Gasteiger partial charge in [0.2, 0.25) is 0 Å². The molecular formula is C20H26N4O5. The van der Waals surface area contributed by atoms with Crippen LogP contribution in [0.3, 0.4) is 0 Å². The standard InChI is InChI=1S/C20H26N4O5/c1-3-29-19(25)17-16(12-23-9-7-13(2)8-10-23)21-20(26)22-18(17)14-5-4-6-15(11-14)24(27)28/h4-6,11,13,18H,3,7-10,12H2,1-2H3,(H2,21,22,26). The van der Waals surface area contributed by atoms with E-state index in [1.54, 1.807) is 13.0 Å². The van der Waals surface area contributed by atoms with Crippen LogP contribution < -0.4 is 10.6 Å². The van der Waals surface area contributed by atoms with E-state index in [1.165, 1.54) is 18.2 Å². The van der Waals surface area contributed by atoms with Gasteiger partial charge >= 0.3 is 12.0 Å². The molecule has 1 saturated heterocycles. The number of hydrogen-bond acceptors (Lipinski definition) is 6. The number of carbonyl (C=O) groups is 2. The lowest BCUT2D eigenvalue weighted by Crippen LogP contribution is -2.49. The molecule has 1 aromatic rings. The van der Waals surface area contributed by atoms with Gasteiger partial charge in [-0.3, -0.25) is 15.0 Å². The van der Waals surface area contributed by atoms with Crippen LogP contribution in [0.4, 0.5) is 10.5 Å². The largest absolute Gasteiger partial charge is 0.463 e. The summed E-state index contributed by atoms with van der Waals surface area (Å²) in [5, 5.41) is 16.6. The van der Waals surface area contributed by atoms with Gasteiger partial charge in [0.1, 0.15) is 0 Å². The molecule has 2 heterocycles. The third-order valence-corrected chi connectivity index (χ3v) is 5.32. The maximum atomic E-state index is 12.8. The molecule has 0 aliphatic carbocycles. The number of nitro benzene ring substituents is 1. The number of esters is 1. The minimum Gasteiger partial charge on any atom is -0.463 e. The van der Waals surface area contributed by atoms with E-state index >= 15 is 0 Å². The van der Waals surface area contributed by atoms with Gasteiger partial charge in [-0.2, -0.15) is 0 Å². The third kappa shape index (κ3) is 4.92. The lowest BCUT2D eigenvalue weighted by molar-refractivity contribution is -0.384. The molecule has 156 valence electrons. The summed E-state index contributed by atoms with van der Waals surface area (Å²) in [6.45, 7) is 6.29. The highest BCUT2D eigenvalue weighted by Crippen LogP contribution is 2.30. The first-order valence-electron chi connectivity index (χ1n) is 9.83. The predicted octanol–water partition coefficient (Wildman–Crippen LogP) is 2.50. The molecule has 9 heteroatoms. The fourth-order valence-corrected chi connectivity index (χ4v) is 3.70. The predicted molar refractivity (Wildman–Crippen MR) is 106 cm³/mol. The summed E-state index contributed by atoms with van der Waals surface area (Å²) in [5.41, 5.74) is 1.12. The van der Waals surface area contributed by atoms with Crippen molar-refractivity contribution in [1.82, 2.24) is 15.5 Å². The summed E-state index contributed by atoms with van der Waals surface area (Å²) in [5.74, 6) is 0.113. The van der Waals surface area contributed by atoms with Gasteiger partial charge in [0, 0.05) is 24.4 Å². The average Bonchev–Trinajstić information content (AvgIpc) is 2.69. The number of urea groups is 1. The Bertz CT molecular complexity index is 830. The molecule has 29 heavy (non-hydrogen) atoms. The Kier molecular flexibility index (Phi) is 6.48. The summed E-state index contributed by atoms with van der Waals surface area (Å²) in [6, 6.07) is 4.67. The molecule has 0 bridgehead atoms. The lowest BCUT2D eigenvalue weighted by atomic mass is 9.94. The highest BCUT2D eigenvalue weighted by Gasteiger charge is 2.35. The van der Waals surface area contributed by atoms with E-state index in [0.29, 0.717) is 23.7 Å².